The standard InChI is InChI=1S/C24H15Cl2N3O5S/c25-18-8-4-9-19(21(18)26)28-23(31)17(22(30)27-24(28)35)12-15-6-1-2-10-20(15)34-13-14-5-3-7-16(11-14)29(32)33/h1-12H,13H2,(H,27,30,35)/b17-12+. The number of nitrogens with zero attached hydrogens (tertiary/aromatic N) is 2. The number of halogens is 2. The molecule has 1 N–H and O–H groups in total. The van der Waals surface area contributed by atoms with Crippen LogP contribution in [0.4, 0.5) is 11.4 Å². The van der Waals surface area contributed by atoms with E-state index in [9.17, 15) is 19.7 Å². The topological polar surface area (TPSA) is 102 Å². The fourth-order valence-corrected chi connectivity index (χ4v) is 4.00. The van der Waals surface area contributed by atoms with Crippen LogP contribution in [-0.2, 0) is 16.2 Å². The molecule has 0 aliphatic carbocycles. The molecule has 0 radical (unpaired) electrons. The third-order valence-electron chi connectivity index (χ3n) is 5.01. The highest BCUT2D eigenvalue weighted by atomic mass is 35.5. The van der Waals surface area contributed by atoms with Crippen molar-refractivity contribution in [3.05, 3.63) is 104 Å². The van der Waals surface area contributed by atoms with E-state index in [0.717, 1.165) is 4.90 Å². The zero-order valence-corrected chi connectivity index (χ0v) is 20.1. The Hall–Kier alpha value is -3.79. The maximum atomic E-state index is 13.3. The van der Waals surface area contributed by atoms with Gasteiger partial charge in [-0.25, -0.2) is 0 Å². The van der Waals surface area contributed by atoms with Gasteiger partial charge in [0.15, 0.2) is 5.11 Å². The van der Waals surface area contributed by atoms with Crippen LogP contribution in [0.2, 0.25) is 10.0 Å². The van der Waals surface area contributed by atoms with Crippen LogP contribution in [0.25, 0.3) is 6.08 Å². The number of nitro benzene ring substituents is 1. The Balaban J connectivity index is 1.65. The zero-order valence-electron chi connectivity index (χ0n) is 17.7. The van der Waals surface area contributed by atoms with E-state index in [2.05, 4.69) is 5.32 Å². The van der Waals surface area contributed by atoms with Crippen LogP contribution >= 0.6 is 35.4 Å². The number of rotatable bonds is 6. The van der Waals surface area contributed by atoms with E-state index >= 15 is 0 Å². The molecule has 3 aromatic carbocycles. The first kappa shape index (κ1) is 24.3. The normalized spacial score (nSPS) is 14.7. The van der Waals surface area contributed by atoms with Crippen molar-refractivity contribution in [3.8, 4) is 5.75 Å². The molecular weight excluding hydrogens is 513 g/mol. The van der Waals surface area contributed by atoms with Gasteiger partial charge < -0.3 is 4.74 Å². The minimum Gasteiger partial charge on any atom is -0.488 e. The number of ether oxygens (including phenoxy) is 1. The Morgan fingerprint density at radius 1 is 1.06 bits per heavy atom. The third-order valence-corrected chi connectivity index (χ3v) is 6.10. The Morgan fingerprint density at radius 3 is 2.57 bits per heavy atom. The van der Waals surface area contributed by atoms with Gasteiger partial charge in [0.05, 0.1) is 20.7 Å². The van der Waals surface area contributed by atoms with Crippen LogP contribution < -0.4 is 15.0 Å². The number of para-hydroxylation sites is 1. The molecule has 1 heterocycles. The summed E-state index contributed by atoms with van der Waals surface area (Å²) in [5, 5.41) is 13.7. The average molecular weight is 528 g/mol. The molecule has 1 saturated heterocycles. The number of anilines is 1. The molecule has 0 bridgehead atoms. The maximum absolute atomic E-state index is 13.3. The number of hydrogen-bond acceptors (Lipinski definition) is 6. The van der Waals surface area contributed by atoms with Gasteiger partial charge in [-0.15, -0.1) is 0 Å². The number of non-ortho nitro benzene ring substituents is 1. The first-order valence-corrected chi connectivity index (χ1v) is 11.2. The summed E-state index contributed by atoms with van der Waals surface area (Å²) in [6.07, 6.45) is 1.38. The monoisotopic (exact) mass is 527 g/mol. The summed E-state index contributed by atoms with van der Waals surface area (Å²) in [6.45, 7) is 0.0380. The van der Waals surface area contributed by atoms with Gasteiger partial charge in [0, 0.05) is 17.7 Å². The van der Waals surface area contributed by atoms with Gasteiger partial charge >= 0.3 is 0 Å². The Kier molecular flexibility index (Phi) is 7.11. The van der Waals surface area contributed by atoms with Gasteiger partial charge in [-0.05, 0) is 42.1 Å². The summed E-state index contributed by atoms with van der Waals surface area (Å²) >= 11 is 17.6. The van der Waals surface area contributed by atoms with Crippen molar-refractivity contribution in [2.45, 2.75) is 6.61 Å². The minimum absolute atomic E-state index is 0.0380. The lowest BCUT2D eigenvalue weighted by Crippen LogP contribution is -2.54. The Labute approximate surface area is 214 Å². The fraction of sp³-hybridized carbons (Fsp3) is 0.0417. The average Bonchev–Trinajstić information content (AvgIpc) is 2.83. The third kappa shape index (κ3) is 5.17. The predicted molar refractivity (Wildman–Crippen MR) is 137 cm³/mol. The largest absolute Gasteiger partial charge is 0.488 e. The molecule has 1 aliphatic heterocycles. The van der Waals surface area contributed by atoms with Gasteiger partial charge in [0.1, 0.15) is 17.9 Å². The van der Waals surface area contributed by atoms with Crippen molar-refractivity contribution in [2.24, 2.45) is 0 Å². The van der Waals surface area contributed by atoms with Gasteiger partial charge in [-0.3, -0.25) is 29.9 Å². The molecule has 1 fully saturated rings. The molecule has 8 nitrogen and oxygen atoms in total. The zero-order chi connectivity index (χ0) is 25.1. The predicted octanol–water partition coefficient (Wildman–Crippen LogP) is 5.31. The molecule has 2 amide bonds. The summed E-state index contributed by atoms with van der Waals surface area (Å²) in [7, 11) is 0. The molecule has 0 spiro atoms. The number of benzene rings is 3. The molecule has 11 heteroatoms. The quantitative estimate of drug-likeness (QED) is 0.153. The molecule has 0 aromatic heterocycles. The van der Waals surface area contributed by atoms with Crippen LogP contribution in [0.5, 0.6) is 5.75 Å². The van der Waals surface area contributed by atoms with E-state index in [4.69, 9.17) is 40.2 Å². The Morgan fingerprint density at radius 2 is 1.80 bits per heavy atom. The van der Waals surface area contributed by atoms with Gasteiger partial charge in [-0.1, -0.05) is 59.6 Å². The summed E-state index contributed by atoms with van der Waals surface area (Å²) in [5.41, 5.74) is 1.01. The highest BCUT2D eigenvalue weighted by molar-refractivity contribution is 7.80. The number of hydrogen-bond donors (Lipinski definition) is 1. The minimum atomic E-state index is -0.684. The number of amides is 2. The fourth-order valence-electron chi connectivity index (χ4n) is 3.35. The van der Waals surface area contributed by atoms with Crippen molar-refractivity contribution >= 4 is 69.8 Å². The number of nitro groups is 1. The van der Waals surface area contributed by atoms with Crippen molar-refractivity contribution in [2.75, 3.05) is 4.90 Å². The lowest BCUT2D eigenvalue weighted by atomic mass is 10.1. The van der Waals surface area contributed by atoms with Gasteiger partial charge in [-0.2, -0.15) is 0 Å². The SMILES string of the molecule is O=C1NC(=S)N(c2cccc(Cl)c2Cl)C(=O)/C1=C/c1ccccc1OCc1cccc([N+](=O)[O-])c1. The van der Waals surface area contributed by atoms with Crippen molar-refractivity contribution in [3.63, 3.8) is 0 Å². The van der Waals surface area contributed by atoms with Crippen LogP contribution in [0, 0.1) is 10.1 Å². The van der Waals surface area contributed by atoms with E-state index in [1.807, 2.05) is 0 Å². The van der Waals surface area contributed by atoms with Crippen LogP contribution in [0.1, 0.15) is 11.1 Å². The lowest BCUT2D eigenvalue weighted by Gasteiger charge is -2.29. The van der Waals surface area contributed by atoms with E-state index in [0.29, 0.717) is 16.9 Å². The molecule has 3 aromatic rings. The molecule has 0 atom stereocenters. The lowest BCUT2D eigenvalue weighted by molar-refractivity contribution is -0.384. The molecular formula is C24H15Cl2N3O5S. The van der Waals surface area contributed by atoms with Gasteiger partial charge in [0.2, 0.25) is 0 Å². The van der Waals surface area contributed by atoms with Crippen LogP contribution in [0.3, 0.4) is 0 Å². The van der Waals surface area contributed by atoms with Crippen LogP contribution in [-0.4, -0.2) is 21.9 Å². The second kappa shape index (κ2) is 10.2. The molecule has 0 saturated carbocycles. The molecule has 1 aliphatic rings. The maximum Gasteiger partial charge on any atom is 0.270 e. The molecule has 4 rings (SSSR count). The Bertz CT molecular complexity index is 1410. The second-order valence-corrected chi connectivity index (χ2v) is 8.46. The second-order valence-electron chi connectivity index (χ2n) is 7.28. The van der Waals surface area contributed by atoms with Crippen molar-refractivity contribution in [1.82, 2.24) is 5.32 Å². The summed E-state index contributed by atoms with van der Waals surface area (Å²) in [4.78, 5) is 37.6. The summed E-state index contributed by atoms with van der Waals surface area (Å²) in [6, 6.07) is 17.5. The molecule has 0 unspecified atom stereocenters. The molecule has 35 heavy (non-hydrogen) atoms. The smallest absolute Gasteiger partial charge is 0.270 e. The van der Waals surface area contributed by atoms with Crippen molar-refractivity contribution < 1.29 is 19.2 Å². The highest BCUT2D eigenvalue weighted by Crippen LogP contribution is 2.34. The van der Waals surface area contributed by atoms with Crippen molar-refractivity contribution in [1.29, 1.82) is 0 Å². The van der Waals surface area contributed by atoms with Gasteiger partial charge in [0.25, 0.3) is 17.5 Å². The van der Waals surface area contributed by atoms with E-state index in [1.54, 1.807) is 54.6 Å². The van der Waals surface area contributed by atoms with E-state index in [1.165, 1.54) is 18.2 Å². The highest BCUT2D eigenvalue weighted by Gasteiger charge is 2.35. The van der Waals surface area contributed by atoms with E-state index < -0.39 is 16.7 Å². The summed E-state index contributed by atoms with van der Waals surface area (Å²) < 4.78 is 5.85. The van der Waals surface area contributed by atoms with Crippen LogP contribution in [0.15, 0.2) is 72.3 Å². The van der Waals surface area contributed by atoms with E-state index in [-0.39, 0.29) is 38.7 Å². The number of thiocarbonyl (C=S) groups is 1. The summed E-state index contributed by atoms with van der Waals surface area (Å²) in [5.74, 6) is -0.994. The first-order valence-electron chi connectivity index (χ1n) is 10.1. The molecule has 176 valence electrons. The number of nitrogens with one attached hydrogen (secondary N) is 1. The number of carbonyl (C=O) groups is 2. The number of carbonyl (C=O) groups excluding carboxylic acids is 2. The first-order chi connectivity index (χ1) is 16.8.